The normalized spacial score (nSPS) is 11.3. The highest BCUT2D eigenvalue weighted by Crippen LogP contribution is 2.36. The number of aryl methyl sites for hydroxylation is 4. The molecule has 1 N–H and O–H groups in total. The number of hydrogen-bond acceptors (Lipinski definition) is 5. The number of fused-ring (bicyclic) bond motifs is 3. The van der Waals surface area contributed by atoms with Crippen LogP contribution in [0.2, 0.25) is 0 Å². The number of nitrogens with zero attached hydrogens (tertiary/aromatic N) is 1. The van der Waals surface area contributed by atoms with Gasteiger partial charge in [0.1, 0.15) is 16.9 Å². The van der Waals surface area contributed by atoms with Crippen LogP contribution in [0.15, 0.2) is 44.2 Å². The third-order valence-corrected chi connectivity index (χ3v) is 5.45. The quantitative estimate of drug-likeness (QED) is 0.532. The number of furan rings is 1. The third-order valence-electron chi connectivity index (χ3n) is 5.45. The summed E-state index contributed by atoms with van der Waals surface area (Å²) in [5, 5.41) is 4.62. The first kappa shape index (κ1) is 18.9. The van der Waals surface area contributed by atoms with Crippen molar-refractivity contribution in [3.05, 3.63) is 74.6 Å². The molecule has 0 aliphatic heterocycles. The molecule has 3 heterocycles. The lowest BCUT2D eigenvalue weighted by Gasteiger charge is -2.10. The Kier molecular flexibility index (Phi) is 4.70. The van der Waals surface area contributed by atoms with Crippen LogP contribution in [-0.2, 0) is 17.8 Å². The number of carbonyl (C=O) groups excluding carboxylic acids is 1. The second-order valence-corrected chi connectivity index (χ2v) is 7.36. The fourth-order valence-electron chi connectivity index (χ4n) is 3.76. The Morgan fingerprint density at radius 3 is 2.48 bits per heavy atom. The molecule has 6 nitrogen and oxygen atoms in total. The Hall–Kier alpha value is -3.41. The van der Waals surface area contributed by atoms with E-state index in [1.165, 1.54) is 0 Å². The molecule has 0 saturated carbocycles. The lowest BCUT2D eigenvalue weighted by Crippen LogP contribution is -2.27. The van der Waals surface area contributed by atoms with Crippen molar-refractivity contribution < 1.29 is 13.6 Å². The van der Waals surface area contributed by atoms with Crippen molar-refractivity contribution in [2.24, 2.45) is 0 Å². The zero-order chi connectivity index (χ0) is 20.7. The van der Waals surface area contributed by atoms with Gasteiger partial charge in [0, 0.05) is 24.3 Å². The first-order chi connectivity index (χ1) is 13.9. The van der Waals surface area contributed by atoms with E-state index in [9.17, 15) is 9.59 Å². The zero-order valence-corrected chi connectivity index (χ0v) is 16.9. The fraction of sp³-hybridized carbons (Fsp3) is 0.261. The molecule has 1 aromatic carbocycles. The molecular weight excluding hydrogens is 368 g/mol. The summed E-state index contributed by atoms with van der Waals surface area (Å²) in [6.07, 6.45) is 3.29. The van der Waals surface area contributed by atoms with Gasteiger partial charge in [0.25, 0.3) is 0 Å². The number of hydrogen-bond donors (Lipinski definition) is 1. The molecule has 6 heteroatoms. The summed E-state index contributed by atoms with van der Waals surface area (Å²) in [7, 11) is 0. The molecule has 0 saturated heterocycles. The molecule has 0 spiro atoms. The number of rotatable bonds is 4. The second-order valence-electron chi connectivity index (χ2n) is 7.36. The summed E-state index contributed by atoms with van der Waals surface area (Å²) in [4.78, 5) is 29.0. The van der Waals surface area contributed by atoms with Crippen molar-refractivity contribution in [2.75, 3.05) is 0 Å². The minimum atomic E-state index is -0.493. The topological polar surface area (TPSA) is 85.3 Å². The Morgan fingerprint density at radius 1 is 1.03 bits per heavy atom. The highest BCUT2D eigenvalue weighted by Gasteiger charge is 2.21. The van der Waals surface area contributed by atoms with E-state index in [1.807, 2.05) is 45.9 Å². The van der Waals surface area contributed by atoms with E-state index in [0.717, 1.165) is 33.2 Å². The maximum Gasteiger partial charge on any atom is 0.340 e. The van der Waals surface area contributed by atoms with E-state index in [0.29, 0.717) is 28.8 Å². The van der Waals surface area contributed by atoms with E-state index >= 15 is 0 Å². The molecule has 0 fully saturated rings. The van der Waals surface area contributed by atoms with Crippen molar-refractivity contribution >= 4 is 27.8 Å². The second kappa shape index (κ2) is 7.20. The fourth-order valence-corrected chi connectivity index (χ4v) is 3.76. The molecule has 4 aromatic rings. The Labute approximate surface area is 167 Å². The molecule has 0 aliphatic carbocycles. The smallest absolute Gasteiger partial charge is 0.340 e. The van der Waals surface area contributed by atoms with E-state index in [4.69, 9.17) is 8.83 Å². The van der Waals surface area contributed by atoms with Crippen LogP contribution in [0, 0.1) is 27.7 Å². The minimum absolute atomic E-state index is 0.0523. The lowest BCUT2D eigenvalue weighted by molar-refractivity contribution is -0.120. The molecule has 148 valence electrons. The molecule has 3 aromatic heterocycles. The summed E-state index contributed by atoms with van der Waals surface area (Å²) in [5.41, 5.74) is 4.76. The highest BCUT2D eigenvalue weighted by molar-refractivity contribution is 6.07. The summed E-state index contributed by atoms with van der Waals surface area (Å²) in [6.45, 7) is 8.12. The zero-order valence-electron chi connectivity index (χ0n) is 16.9. The molecule has 0 radical (unpaired) electrons. The number of carbonyl (C=O) groups is 1. The van der Waals surface area contributed by atoms with Gasteiger partial charge in [-0.1, -0.05) is 0 Å². The molecule has 0 bridgehead atoms. The summed E-state index contributed by atoms with van der Waals surface area (Å²) >= 11 is 0. The van der Waals surface area contributed by atoms with Crippen LogP contribution in [0.5, 0.6) is 0 Å². The number of nitrogens with one attached hydrogen (secondary N) is 1. The largest absolute Gasteiger partial charge is 0.460 e. The Morgan fingerprint density at radius 2 is 1.76 bits per heavy atom. The molecule has 0 atom stereocenters. The number of benzene rings is 1. The van der Waals surface area contributed by atoms with E-state index in [2.05, 4.69) is 10.3 Å². The van der Waals surface area contributed by atoms with E-state index in [1.54, 1.807) is 12.4 Å². The predicted octanol–water partition coefficient (Wildman–Crippen LogP) is 4.03. The van der Waals surface area contributed by atoms with Crippen LogP contribution in [0.25, 0.3) is 21.9 Å². The first-order valence-electron chi connectivity index (χ1n) is 9.48. The van der Waals surface area contributed by atoms with Crippen molar-refractivity contribution in [1.82, 2.24) is 10.3 Å². The average molecular weight is 390 g/mol. The molecule has 1 amide bonds. The first-order valence-corrected chi connectivity index (χ1v) is 9.48. The van der Waals surface area contributed by atoms with Gasteiger partial charge in [0.05, 0.1) is 17.4 Å². The monoisotopic (exact) mass is 390 g/mol. The Bertz CT molecular complexity index is 1300. The average Bonchev–Trinajstić information content (AvgIpc) is 2.99. The standard InChI is InChI=1S/C23H22N2O4/c1-12-9-18-21(22-20(12)13(2)15(4)28-22)14(3)17(23(27)29-18)10-19(26)25-11-16-5-7-24-8-6-16/h5-9H,10-11H2,1-4H3,(H,25,26). The molecule has 0 aliphatic rings. The van der Waals surface area contributed by atoms with Crippen LogP contribution in [0.1, 0.15) is 33.6 Å². The lowest BCUT2D eigenvalue weighted by atomic mass is 9.98. The van der Waals surface area contributed by atoms with Crippen molar-refractivity contribution in [1.29, 1.82) is 0 Å². The van der Waals surface area contributed by atoms with Gasteiger partial charge in [0.2, 0.25) is 5.91 Å². The van der Waals surface area contributed by atoms with Gasteiger partial charge in [-0.25, -0.2) is 4.79 Å². The summed E-state index contributed by atoms with van der Waals surface area (Å²) < 4.78 is 11.6. The molecule has 29 heavy (non-hydrogen) atoms. The third kappa shape index (κ3) is 3.31. The Balaban J connectivity index is 1.74. The maximum atomic E-state index is 12.6. The summed E-state index contributed by atoms with van der Waals surface area (Å²) in [6, 6.07) is 5.52. The van der Waals surface area contributed by atoms with Gasteiger partial charge < -0.3 is 14.2 Å². The van der Waals surface area contributed by atoms with Crippen molar-refractivity contribution in [2.45, 2.75) is 40.7 Å². The van der Waals surface area contributed by atoms with Crippen LogP contribution in [0.3, 0.4) is 0 Å². The molecular formula is C23H22N2O4. The van der Waals surface area contributed by atoms with E-state index in [-0.39, 0.29) is 12.3 Å². The molecule has 0 unspecified atom stereocenters. The van der Waals surface area contributed by atoms with Gasteiger partial charge >= 0.3 is 5.63 Å². The van der Waals surface area contributed by atoms with Crippen molar-refractivity contribution in [3.8, 4) is 0 Å². The van der Waals surface area contributed by atoms with Gasteiger partial charge in [-0.15, -0.1) is 0 Å². The minimum Gasteiger partial charge on any atom is -0.460 e. The number of amides is 1. The van der Waals surface area contributed by atoms with Crippen LogP contribution >= 0.6 is 0 Å². The molecule has 4 rings (SSSR count). The predicted molar refractivity (Wildman–Crippen MR) is 111 cm³/mol. The highest BCUT2D eigenvalue weighted by atomic mass is 16.4. The van der Waals surface area contributed by atoms with Gasteiger partial charge in [0.15, 0.2) is 0 Å². The van der Waals surface area contributed by atoms with Crippen molar-refractivity contribution in [3.63, 3.8) is 0 Å². The van der Waals surface area contributed by atoms with Crippen LogP contribution in [-0.4, -0.2) is 10.9 Å². The van der Waals surface area contributed by atoms with Gasteiger partial charge in [-0.3, -0.25) is 9.78 Å². The summed E-state index contributed by atoms with van der Waals surface area (Å²) in [5.74, 6) is 0.588. The number of aromatic nitrogens is 1. The van der Waals surface area contributed by atoms with Gasteiger partial charge in [-0.05, 0) is 68.1 Å². The van der Waals surface area contributed by atoms with Crippen LogP contribution < -0.4 is 10.9 Å². The SMILES string of the molecule is Cc1oc2c(c(C)cc3oc(=O)c(CC(=O)NCc4ccncc4)c(C)c32)c1C. The maximum absolute atomic E-state index is 12.6. The van der Waals surface area contributed by atoms with Crippen LogP contribution in [0.4, 0.5) is 0 Å². The number of pyridine rings is 1. The van der Waals surface area contributed by atoms with Gasteiger partial charge in [-0.2, -0.15) is 0 Å². The van der Waals surface area contributed by atoms with E-state index < -0.39 is 5.63 Å².